The average Bonchev–Trinajstić information content (AvgIpc) is 2.64. The Morgan fingerprint density at radius 2 is 1.03 bits per heavy atom. The molecule has 0 unspecified atom stereocenters. The van der Waals surface area contributed by atoms with Crippen LogP contribution in [0.15, 0.2) is 6.07 Å². The highest BCUT2D eigenvalue weighted by atomic mass is 16.4. The molecular weight excluding hydrogens is 364 g/mol. The molecule has 0 atom stereocenters. The molecule has 0 bridgehead atoms. The fraction of sp³-hybridized carbons (Fsp3) is 0.680. The summed E-state index contributed by atoms with van der Waals surface area (Å²) >= 11 is 0. The Kier molecular flexibility index (Phi) is 10.7. The number of rotatable bonds is 10. The number of aliphatic carboxylic acids is 2. The highest BCUT2D eigenvalue weighted by Gasteiger charge is 2.27. The zero-order valence-electron chi connectivity index (χ0n) is 20.0. The summed E-state index contributed by atoms with van der Waals surface area (Å²) < 4.78 is 0. The van der Waals surface area contributed by atoms with E-state index in [1.54, 1.807) is 27.7 Å². The molecule has 1 aromatic rings. The zero-order valence-corrected chi connectivity index (χ0v) is 20.0. The summed E-state index contributed by atoms with van der Waals surface area (Å²) in [7, 11) is 0. The van der Waals surface area contributed by atoms with E-state index in [2.05, 4.69) is 26.8 Å². The van der Waals surface area contributed by atoms with E-state index >= 15 is 0 Å². The summed E-state index contributed by atoms with van der Waals surface area (Å²) in [5.74, 6) is -1.50. The van der Waals surface area contributed by atoms with Gasteiger partial charge in [0.2, 0.25) is 0 Å². The van der Waals surface area contributed by atoms with Crippen molar-refractivity contribution >= 4 is 11.9 Å². The summed E-state index contributed by atoms with van der Waals surface area (Å²) in [6.07, 6.45) is 4.73. The van der Waals surface area contributed by atoms with Gasteiger partial charge in [0.25, 0.3) is 0 Å². The fourth-order valence-corrected chi connectivity index (χ4v) is 3.36. The minimum Gasteiger partial charge on any atom is -0.481 e. The topological polar surface area (TPSA) is 74.6 Å². The quantitative estimate of drug-likeness (QED) is 0.465. The van der Waals surface area contributed by atoms with Crippen molar-refractivity contribution in [2.45, 2.75) is 101 Å². The Bertz CT molecular complexity index is 643. The molecule has 0 saturated carbocycles. The molecule has 0 aliphatic heterocycles. The van der Waals surface area contributed by atoms with Crippen LogP contribution in [0.5, 0.6) is 0 Å². The first-order valence-electron chi connectivity index (χ1n) is 10.8. The minimum absolute atomic E-state index is 0.650. The zero-order chi connectivity index (χ0) is 23.0. The Morgan fingerprint density at radius 1 is 0.724 bits per heavy atom. The van der Waals surface area contributed by atoms with Gasteiger partial charge >= 0.3 is 11.9 Å². The van der Waals surface area contributed by atoms with Crippen LogP contribution in [0, 0.1) is 31.6 Å². The van der Waals surface area contributed by atoms with Crippen LogP contribution in [0.2, 0.25) is 0 Å². The monoisotopic (exact) mass is 406 g/mol. The number of hydrogen-bond acceptors (Lipinski definition) is 2. The average molecular weight is 407 g/mol. The molecule has 0 heterocycles. The van der Waals surface area contributed by atoms with E-state index in [9.17, 15) is 19.8 Å². The number of carboxylic acid groups (broad SMARTS) is 2. The third-order valence-electron chi connectivity index (χ3n) is 6.09. The molecule has 1 rings (SSSR count). The maximum absolute atomic E-state index is 11.3. The van der Waals surface area contributed by atoms with Crippen LogP contribution >= 0.6 is 0 Å². The molecule has 4 heteroatoms. The molecule has 0 spiro atoms. The lowest BCUT2D eigenvalue weighted by Gasteiger charge is -2.21. The van der Waals surface area contributed by atoms with Gasteiger partial charge in [-0.15, -0.1) is 0 Å². The van der Waals surface area contributed by atoms with E-state index in [1.165, 1.54) is 27.8 Å². The lowest BCUT2D eigenvalue weighted by molar-refractivity contribution is -0.148. The van der Waals surface area contributed by atoms with Crippen LogP contribution in [0.3, 0.4) is 0 Å². The molecule has 4 nitrogen and oxygen atoms in total. The van der Waals surface area contributed by atoms with Crippen LogP contribution in [0.25, 0.3) is 0 Å². The molecule has 2 N–H and O–H groups in total. The van der Waals surface area contributed by atoms with Crippen molar-refractivity contribution in [3.63, 3.8) is 0 Å². The van der Waals surface area contributed by atoms with Gasteiger partial charge in [-0.25, -0.2) is 0 Å². The molecular formula is C25H42O4. The van der Waals surface area contributed by atoms with Crippen molar-refractivity contribution in [1.82, 2.24) is 0 Å². The maximum Gasteiger partial charge on any atom is 0.309 e. The second kappa shape index (κ2) is 11.4. The van der Waals surface area contributed by atoms with Gasteiger partial charge in [-0.05, 0) is 115 Å². The Morgan fingerprint density at radius 3 is 1.31 bits per heavy atom. The third kappa shape index (κ3) is 7.83. The Hall–Kier alpha value is -1.84. The van der Waals surface area contributed by atoms with E-state index in [-0.39, 0.29) is 0 Å². The molecule has 1 aromatic carbocycles. The summed E-state index contributed by atoms with van der Waals surface area (Å²) in [5.41, 5.74) is 5.04. The molecule has 0 fully saturated rings. The maximum atomic E-state index is 11.3. The van der Waals surface area contributed by atoms with Crippen molar-refractivity contribution in [3.05, 3.63) is 33.9 Å². The van der Waals surface area contributed by atoms with Crippen LogP contribution < -0.4 is 0 Å². The van der Waals surface area contributed by atoms with Gasteiger partial charge in [0.1, 0.15) is 0 Å². The van der Waals surface area contributed by atoms with E-state index in [0.717, 1.165) is 25.7 Å². The molecule has 0 radical (unpaired) electrons. The number of carboxylic acids is 2. The van der Waals surface area contributed by atoms with E-state index < -0.39 is 22.8 Å². The number of aryl methyl sites for hydroxylation is 2. The first kappa shape index (κ1) is 27.2. The second-order valence-corrected chi connectivity index (χ2v) is 9.15. The number of carbonyl (C=O) groups is 2. The molecule has 0 saturated heterocycles. The lowest BCUT2D eigenvalue weighted by Crippen LogP contribution is -2.23. The van der Waals surface area contributed by atoms with Crippen molar-refractivity contribution in [2.75, 3.05) is 0 Å². The summed E-state index contributed by atoms with van der Waals surface area (Å²) in [5, 5.41) is 18.6. The fourth-order valence-electron chi connectivity index (χ4n) is 3.36. The first-order chi connectivity index (χ1) is 13.3. The van der Waals surface area contributed by atoms with Gasteiger partial charge < -0.3 is 10.2 Å². The molecule has 29 heavy (non-hydrogen) atoms. The van der Waals surface area contributed by atoms with E-state index in [1.807, 2.05) is 13.8 Å². The predicted octanol–water partition coefficient (Wildman–Crippen LogP) is 6.51. The van der Waals surface area contributed by atoms with Gasteiger partial charge in [-0.2, -0.15) is 0 Å². The van der Waals surface area contributed by atoms with E-state index in [4.69, 9.17) is 0 Å². The Balaban J connectivity index is 0.00000379. The summed E-state index contributed by atoms with van der Waals surface area (Å²) in [4.78, 5) is 22.6. The van der Waals surface area contributed by atoms with Crippen molar-refractivity contribution < 1.29 is 19.8 Å². The molecule has 0 aliphatic carbocycles. The SMILES string of the molecule is CC.Cc1c(CCCC(C)(C)C(=O)O)cc(CCCC(C)(C)C(=O)O)c(C)c1C. The van der Waals surface area contributed by atoms with Gasteiger partial charge in [-0.1, -0.05) is 19.9 Å². The smallest absolute Gasteiger partial charge is 0.309 e. The summed E-state index contributed by atoms with van der Waals surface area (Å²) in [6.45, 7) is 17.5. The first-order valence-corrected chi connectivity index (χ1v) is 10.8. The van der Waals surface area contributed by atoms with Crippen LogP contribution in [0.4, 0.5) is 0 Å². The number of hydrogen-bond donors (Lipinski definition) is 2. The Labute approximate surface area is 177 Å². The normalized spacial score (nSPS) is 11.6. The molecule has 0 aromatic heterocycles. The van der Waals surface area contributed by atoms with Crippen LogP contribution in [-0.4, -0.2) is 22.2 Å². The van der Waals surface area contributed by atoms with Crippen molar-refractivity contribution in [3.8, 4) is 0 Å². The highest BCUT2D eigenvalue weighted by Crippen LogP contribution is 2.29. The van der Waals surface area contributed by atoms with Crippen LogP contribution in [-0.2, 0) is 22.4 Å². The van der Waals surface area contributed by atoms with Gasteiger partial charge in [-0.3, -0.25) is 9.59 Å². The van der Waals surface area contributed by atoms with Crippen molar-refractivity contribution in [1.29, 1.82) is 0 Å². The van der Waals surface area contributed by atoms with Gasteiger partial charge in [0.15, 0.2) is 0 Å². The second-order valence-electron chi connectivity index (χ2n) is 9.15. The van der Waals surface area contributed by atoms with E-state index in [0.29, 0.717) is 12.8 Å². The summed E-state index contributed by atoms with van der Waals surface area (Å²) in [6, 6.07) is 2.25. The highest BCUT2D eigenvalue weighted by molar-refractivity contribution is 5.73. The third-order valence-corrected chi connectivity index (χ3v) is 6.09. The molecule has 0 aliphatic rings. The van der Waals surface area contributed by atoms with Crippen molar-refractivity contribution in [2.24, 2.45) is 10.8 Å². The standard InChI is InChI=1S/C23H36O4.C2H6/c1-15-16(2)18(10-8-12-22(4,5)20(24)25)14-19(17(15)3)11-9-13-23(6,7)21(26)27;1-2/h14H,8-13H2,1-7H3,(H,24,25)(H,26,27);1-2H3. The lowest BCUT2D eigenvalue weighted by atomic mass is 9.83. The molecule has 0 amide bonds. The van der Waals surface area contributed by atoms with Gasteiger partial charge in [0.05, 0.1) is 10.8 Å². The number of benzene rings is 1. The van der Waals surface area contributed by atoms with Gasteiger partial charge in [0, 0.05) is 0 Å². The largest absolute Gasteiger partial charge is 0.481 e. The van der Waals surface area contributed by atoms with Crippen LogP contribution in [0.1, 0.15) is 95.0 Å². The predicted molar refractivity (Wildman–Crippen MR) is 121 cm³/mol. The molecule has 166 valence electrons. The minimum atomic E-state index is -0.749.